The van der Waals surface area contributed by atoms with Gasteiger partial charge >= 0.3 is 11.9 Å². The first-order valence-electron chi connectivity index (χ1n) is 8.55. The molecule has 2 fully saturated rings. The first-order valence-corrected chi connectivity index (χ1v) is 8.55. The molecule has 0 aromatic rings. The van der Waals surface area contributed by atoms with Gasteiger partial charge in [-0.05, 0) is 55.8 Å². The van der Waals surface area contributed by atoms with Gasteiger partial charge in [0, 0.05) is 0 Å². The lowest BCUT2D eigenvalue weighted by molar-refractivity contribution is -0.183. The van der Waals surface area contributed by atoms with Gasteiger partial charge in [-0.25, -0.2) is 0 Å². The molecule has 0 heterocycles. The first-order chi connectivity index (χ1) is 10.2. The molecule has 0 radical (unpaired) electrons. The zero-order chi connectivity index (χ0) is 16.7. The molecular formula is C18H30O4. The molecule has 2 aliphatic carbocycles. The maximum Gasteiger partial charge on any atom is 0.324 e. The van der Waals surface area contributed by atoms with Gasteiger partial charge in [0.15, 0.2) is 5.41 Å². The molecule has 2 aliphatic rings. The fourth-order valence-electron chi connectivity index (χ4n) is 4.99. The van der Waals surface area contributed by atoms with E-state index in [0.717, 1.165) is 12.8 Å². The number of hydrogen-bond donors (Lipinski definition) is 0. The van der Waals surface area contributed by atoms with Gasteiger partial charge < -0.3 is 9.47 Å². The minimum Gasteiger partial charge on any atom is -0.465 e. The third kappa shape index (κ3) is 2.35. The topological polar surface area (TPSA) is 52.6 Å². The summed E-state index contributed by atoms with van der Waals surface area (Å²) in [5.41, 5.74) is -0.887. The van der Waals surface area contributed by atoms with Gasteiger partial charge in [0.05, 0.1) is 13.2 Å². The number of carbonyl (C=O) groups is 2. The summed E-state index contributed by atoms with van der Waals surface area (Å²) in [6.07, 6.45) is 1.84. The lowest BCUT2D eigenvalue weighted by Crippen LogP contribution is -2.53. The van der Waals surface area contributed by atoms with Crippen LogP contribution in [0.4, 0.5) is 0 Å². The fourth-order valence-corrected chi connectivity index (χ4v) is 4.99. The van der Waals surface area contributed by atoms with Gasteiger partial charge in [-0.3, -0.25) is 9.59 Å². The zero-order valence-corrected chi connectivity index (χ0v) is 14.8. The summed E-state index contributed by atoms with van der Waals surface area (Å²) in [5.74, 6) is 0.216. The van der Waals surface area contributed by atoms with Crippen LogP contribution in [0, 0.1) is 34.5 Å². The van der Waals surface area contributed by atoms with Crippen LogP contribution in [0.3, 0.4) is 0 Å². The normalized spacial score (nSPS) is 32.8. The van der Waals surface area contributed by atoms with Gasteiger partial charge in [0.1, 0.15) is 0 Å². The Morgan fingerprint density at radius 1 is 1.05 bits per heavy atom. The predicted molar refractivity (Wildman–Crippen MR) is 84.0 cm³/mol. The molecule has 0 spiro atoms. The second kappa shape index (κ2) is 5.86. The third-order valence-electron chi connectivity index (χ3n) is 5.96. The van der Waals surface area contributed by atoms with Gasteiger partial charge in [-0.2, -0.15) is 0 Å². The van der Waals surface area contributed by atoms with E-state index in [9.17, 15) is 9.59 Å². The standard InChI is InChI=1S/C18H30O4/c1-7-21-15(19)18(16(20)22-8-2)11(3)13-9-12(18)10-14(13)17(4,5)6/h11-14H,7-10H2,1-6H3. The highest BCUT2D eigenvalue weighted by molar-refractivity contribution is 6.01. The van der Waals surface area contributed by atoms with E-state index in [1.807, 2.05) is 6.92 Å². The molecular weight excluding hydrogens is 280 g/mol. The predicted octanol–water partition coefficient (Wildman–Crippen LogP) is 3.44. The summed E-state index contributed by atoms with van der Waals surface area (Å²) in [6, 6.07) is 0. The molecule has 2 saturated carbocycles. The van der Waals surface area contributed by atoms with Crippen LogP contribution in [0.1, 0.15) is 54.4 Å². The van der Waals surface area contributed by atoms with E-state index in [-0.39, 0.29) is 29.2 Å². The number of ether oxygens (including phenoxy) is 2. The summed E-state index contributed by atoms with van der Waals surface area (Å²) >= 11 is 0. The Balaban J connectivity index is 2.38. The van der Waals surface area contributed by atoms with Crippen molar-refractivity contribution in [1.82, 2.24) is 0 Å². The Kier molecular flexibility index (Phi) is 4.61. The van der Waals surface area contributed by atoms with Crippen molar-refractivity contribution >= 4 is 11.9 Å². The summed E-state index contributed by atoms with van der Waals surface area (Å²) in [4.78, 5) is 25.4. The smallest absolute Gasteiger partial charge is 0.324 e. The van der Waals surface area contributed by atoms with Crippen LogP contribution in [0.25, 0.3) is 0 Å². The van der Waals surface area contributed by atoms with Gasteiger partial charge in [0.25, 0.3) is 0 Å². The number of hydrogen-bond acceptors (Lipinski definition) is 4. The van der Waals surface area contributed by atoms with E-state index in [1.165, 1.54) is 0 Å². The second-order valence-electron chi connectivity index (χ2n) is 7.90. The number of esters is 2. The molecule has 0 aliphatic heterocycles. The molecule has 2 bridgehead atoms. The molecule has 0 amide bonds. The number of carbonyl (C=O) groups excluding carboxylic acids is 2. The van der Waals surface area contributed by atoms with Crippen LogP contribution in [0.15, 0.2) is 0 Å². The van der Waals surface area contributed by atoms with E-state index < -0.39 is 5.41 Å². The largest absolute Gasteiger partial charge is 0.465 e. The van der Waals surface area contributed by atoms with Crippen LogP contribution in [-0.2, 0) is 19.1 Å². The summed E-state index contributed by atoms with van der Waals surface area (Å²) in [7, 11) is 0. The Labute approximate surface area is 133 Å². The molecule has 4 atom stereocenters. The van der Waals surface area contributed by atoms with Crippen LogP contribution in [0.5, 0.6) is 0 Å². The Morgan fingerprint density at radius 3 is 1.91 bits per heavy atom. The lowest BCUT2D eigenvalue weighted by Gasteiger charge is -2.44. The quantitative estimate of drug-likeness (QED) is 0.589. The first kappa shape index (κ1) is 17.3. The van der Waals surface area contributed by atoms with E-state index in [4.69, 9.17) is 9.47 Å². The molecule has 0 aromatic carbocycles. The molecule has 2 rings (SSSR count). The summed E-state index contributed by atoms with van der Waals surface area (Å²) in [5, 5.41) is 0. The highest BCUT2D eigenvalue weighted by Gasteiger charge is 2.70. The number of rotatable bonds is 4. The SMILES string of the molecule is CCOC(=O)C1(C(=O)OCC)C2CC(C(C(C)(C)C)C2)C1C. The third-order valence-corrected chi connectivity index (χ3v) is 5.96. The van der Waals surface area contributed by atoms with E-state index in [1.54, 1.807) is 13.8 Å². The van der Waals surface area contributed by atoms with Crippen molar-refractivity contribution in [3.8, 4) is 0 Å². The zero-order valence-electron chi connectivity index (χ0n) is 14.8. The minimum atomic E-state index is -1.08. The van der Waals surface area contributed by atoms with Gasteiger partial charge in [0.2, 0.25) is 0 Å². The van der Waals surface area contributed by atoms with Crippen LogP contribution < -0.4 is 0 Å². The van der Waals surface area contributed by atoms with Crippen molar-refractivity contribution in [3.63, 3.8) is 0 Å². The maximum absolute atomic E-state index is 12.7. The molecule has 22 heavy (non-hydrogen) atoms. The van der Waals surface area contributed by atoms with E-state index in [2.05, 4.69) is 20.8 Å². The average Bonchev–Trinajstić information content (AvgIpc) is 2.95. The molecule has 0 saturated heterocycles. The highest BCUT2D eigenvalue weighted by atomic mass is 16.6. The molecule has 0 N–H and O–H groups in total. The van der Waals surface area contributed by atoms with E-state index >= 15 is 0 Å². The Morgan fingerprint density at radius 2 is 1.55 bits per heavy atom. The van der Waals surface area contributed by atoms with Crippen LogP contribution in [0.2, 0.25) is 0 Å². The van der Waals surface area contributed by atoms with Crippen molar-refractivity contribution in [1.29, 1.82) is 0 Å². The maximum atomic E-state index is 12.7. The average molecular weight is 310 g/mol. The molecule has 4 heteroatoms. The van der Waals surface area contributed by atoms with Crippen LogP contribution in [-0.4, -0.2) is 25.2 Å². The number of fused-ring (bicyclic) bond motifs is 2. The van der Waals surface area contributed by atoms with Gasteiger partial charge in [-0.1, -0.05) is 27.7 Å². The van der Waals surface area contributed by atoms with Crippen molar-refractivity contribution < 1.29 is 19.1 Å². The van der Waals surface area contributed by atoms with Crippen molar-refractivity contribution in [3.05, 3.63) is 0 Å². The molecule has 126 valence electrons. The van der Waals surface area contributed by atoms with Crippen molar-refractivity contribution in [2.75, 3.05) is 13.2 Å². The molecule has 0 aromatic heterocycles. The molecule has 4 unspecified atom stereocenters. The summed E-state index contributed by atoms with van der Waals surface area (Å²) in [6.45, 7) is 13.0. The monoisotopic (exact) mass is 310 g/mol. The fraction of sp³-hybridized carbons (Fsp3) is 0.889. The minimum absolute atomic E-state index is 0.0198. The van der Waals surface area contributed by atoms with Gasteiger partial charge in [-0.15, -0.1) is 0 Å². The Hall–Kier alpha value is -1.06. The lowest BCUT2D eigenvalue weighted by atomic mass is 9.59. The molecule has 4 nitrogen and oxygen atoms in total. The van der Waals surface area contributed by atoms with Crippen molar-refractivity contribution in [2.45, 2.75) is 54.4 Å². The van der Waals surface area contributed by atoms with E-state index in [0.29, 0.717) is 25.0 Å². The van der Waals surface area contributed by atoms with Crippen molar-refractivity contribution in [2.24, 2.45) is 34.5 Å². The Bertz CT molecular complexity index is 426. The second-order valence-corrected chi connectivity index (χ2v) is 7.90. The van der Waals surface area contributed by atoms with Crippen LogP contribution >= 0.6 is 0 Å². The summed E-state index contributed by atoms with van der Waals surface area (Å²) < 4.78 is 10.6. The highest BCUT2D eigenvalue weighted by Crippen LogP contribution is 2.65.